The molecule has 17 heavy (non-hydrogen) atoms. The van der Waals surface area contributed by atoms with Crippen LogP contribution in [0.5, 0.6) is 0 Å². The largest absolute Gasteiger partial charge is 0.367 e. The standard InChI is InChI=1S/C13H11F3Si/c14-13(15,16)17(11-7-3-1-4-8-11)12-9-5-2-6-10-12/h1-10,17H. The first-order valence-electron chi connectivity index (χ1n) is 5.25. The van der Waals surface area contributed by atoms with Crippen LogP contribution in [0.3, 0.4) is 0 Å². The Bertz CT molecular complexity index is 426. The van der Waals surface area contributed by atoms with Crippen molar-refractivity contribution in [1.82, 2.24) is 0 Å². The highest BCUT2D eigenvalue weighted by Crippen LogP contribution is 2.19. The van der Waals surface area contributed by atoms with E-state index in [1.54, 1.807) is 60.7 Å². The fourth-order valence-corrected chi connectivity index (χ4v) is 4.22. The SMILES string of the molecule is FC(F)(F)[SiH](c1ccccc1)c1ccccc1. The third kappa shape index (κ3) is 2.77. The van der Waals surface area contributed by atoms with Crippen molar-refractivity contribution in [3.05, 3.63) is 60.7 Å². The van der Waals surface area contributed by atoms with Crippen LogP contribution in [0.25, 0.3) is 0 Å². The lowest BCUT2D eigenvalue weighted by Crippen LogP contribution is -2.53. The van der Waals surface area contributed by atoms with Crippen molar-refractivity contribution in [3.8, 4) is 0 Å². The molecule has 2 aromatic carbocycles. The first kappa shape index (κ1) is 11.9. The van der Waals surface area contributed by atoms with Gasteiger partial charge >= 0.3 is 5.80 Å². The van der Waals surface area contributed by atoms with Gasteiger partial charge in [0.25, 0.3) is 0 Å². The van der Waals surface area contributed by atoms with E-state index in [4.69, 9.17) is 0 Å². The number of benzene rings is 2. The number of hydrogen-bond donors (Lipinski definition) is 0. The van der Waals surface area contributed by atoms with Gasteiger partial charge in [0.15, 0.2) is 0 Å². The van der Waals surface area contributed by atoms with E-state index >= 15 is 0 Å². The molecule has 4 heteroatoms. The molecule has 2 aromatic rings. The lowest BCUT2D eigenvalue weighted by molar-refractivity contribution is -0.0483. The molecule has 88 valence electrons. The van der Waals surface area contributed by atoms with Gasteiger partial charge in [0.1, 0.15) is 0 Å². The second-order valence-corrected chi connectivity index (χ2v) is 6.65. The van der Waals surface area contributed by atoms with Crippen molar-refractivity contribution < 1.29 is 13.2 Å². The van der Waals surface area contributed by atoms with E-state index in [0.717, 1.165) is 0 Å². The maximum atomic E-state index is 13.2. The summed E-state index contributed by atoms with van der Waals surface area (Å²) in [6.45, 7) is 0. The van der Waals surface area contributed by atoms with Gasteiger partial charge in [0.2, 0.25) is 8.80 Å². The number of alkyl halides is 3. The molecular weight excluding hydrogens is 241 g/mol. The van der Waals surface area contributed by atoms with E-state index in [1.807, 2.05) is 0 Å². The van der Waals surface area contributed by atoms with Gasteiger partial charge in [-0.05, 0) is 10.4 Å². The molecule has 0 saturated heterocycles. The Morgan fingerprint density at radius 3 is 1.29 bits per heavy atom. The van der Waals surface area contributed by atoms with Gasteiger partial charge in [0.05, 0.1) is 0 Å². The molecule has 0 aliphatic heterocycles. The van der Waals surface area contributed by atoms with Gasteiger partial charge in [0, 0.05) is 0 Å². The molecule has 0 bridgehead atoms. The second kappa shape index (κ2) is 4.75. The molecule has 2 rings (SSSR count). The van der Waals surface area contributed by atoms with Gasteiger partial charge in [-0.15, -0.1) is 0 Å². The predicted octanol–water partition coefficient (Wildman–Crippen LogP) is 2.13. The van der Waals surface area contributed by atoms with Crippen LogP contribution in [0.1, 0.15) is 0 Å². The Kier molecular flexibility index (Phi) is 3.33. The van der Waals surface area contributed by atoms with Crippen molar-refractivity contribution in [2.24, 2.45) is 0 Å². The molecule has 0 aliphatic carbocycles. The van der Waals surface area contributed by atoms with E-state index < -0.39 is 14.6 Å². The van der Waals surface area contributed by atoms with Crippen LogP contribution in [-0.2, 0) is 0 Å². The highest BCUT2D eigenvalue weighted by Gasteiger charge is 2.43. The van der Waals surface area contributed by atoms with Crippen LogP contribution in [0.4, 0.5) is 13.2 Å². The summed E-state index contributed by atoms with van der Waals surface area (Å²) in [5.74, 6) is -4.14. The molecule has 0 amide bonds. The number of hydrogen-bond acceptors (Lipinski definition) is 0. The number of rotatable bonds is 2. The van der Waals surface area contributed by atoms with Gasteiger partial charge < -0.3 is 0 Å². The summed E-state index contributed by atoms with van der Waals surface area (Å²) in [6, 6.07) is 16.4. The first-order chi connectivity index (χ1) is 8.09. The van der Waals surface area contributed by atoms with Gasteiger partial charge in [-0.2, -0.15) is 13.2 Å². The fraction of sp³-hybridized carbons (Fsp3) is 0.0769. The van der Waals surface area contributed by atoms with Gasteiger partial charge in [-0.25, -0.2) is 0 Å². The summed E-state index contributed by atoms with van der Waals surface area (Å²) in [4.78, 5) is 0. The molecule has 0 nitrogen and oxygen atoms in total. The van der Waals surface area contributed by atoms with E-state index in [1.165, 1.54) is 0 Å². The molecule has 0 aromatic heterocycles. The van der Waals surface area contributed by atoms with Crippen molar-refractivity contribution in [2.75, 3.05) is 0 Å². The van der Waals surface area contributed by atoms with Crippen LogP contribution in [-0.4, -0.2) is 14.6 Å². The molecule has 0 radical (unpaired) electrons. The molecule has 0 unspecified atom stereocenters. The summed E-state index contributed by atoms with van der Waals surface area (Å²) >= 11 is 0. The Balaban J connectivity index is 2.48. The highest BCUT2D eigenvalue weighted by molar-refractivity contribution is 6.86. The summed E-state index contributed by atoms with van der Waals surface area (Å²) in [6.07, 6.45) is 0. The summed E-state index contributed by atoms with van der Waals surface area (Å²) < 4.78 is 39.5. The molecule has 0 fully saturated rings. The molecule has 0 aliphatic rings. The van der Waals surface area contributed by atoms with Crippen LogP contribution >= 0.6 is 0 Å². The van der Waals surface area contributed by atoms with Crippen LogP contribution in [0.15, 0.2) is 60.7 Å². The predicted molar refractivity (Wildman–Crippen MR) is 65.4 cm³/mol. The molecule has 0 spiro atoms. The lowest BCUT2D eigenvalue weighted by Gasteiger charge is -2.19. The minimum atomic E-state index is -4.14. The Labute approximate surface area is 99.3 Å². The second-order valence-electron chi connectivity index (χ2n) is 3.80. The zero-order valence-corrected chi connectivity index (χ0v) is 10.1. The average molecular weight is 252 g/mol. The van der Waals surface area contributed by atoms with E-state index in [2.05, 4.69) is 0 Å². The first-order valence-corrected chi connectivity index (χ1v) is 6.99. The average Bonchev–Trinajstić information content (AvgIpc) is 2.30. The smallest absolute Gasteiger partial charge is 0.176 e. The quantitative estimate of drug-likeness (QED) is 0.718. The summed E-state index contributed by atoms with van der Waals surface area (Å²) in [5.41, 5.74) is 0. The van der Waals surface area contributed by atoms with Crippen molar-refractivity contribution in [1.29, 1.82) is 0 Å². The topological polar surface area (TPSA) is 0 Å². The van der Waals surface area contributed by atoms with Crippen LogP contribution < -0.4 is 10.4 Å². The normalized spacial score (nSPS) is 11.8. The maximum Gasteiger partial charge on any atom is 0.367 e. The minimum Gasteiger partial charge on any atom is -0.176 e. The zero-order valence-electron chi connectivity index (χ0n) is 8.98. The summed E-state index contributed by atoms with van der Waals surface area (Å²) in [7, 11) is -3.14. The van der Waals surface area contributed by atoms with Crippen molar-refractivity contribution in [3.63, 3.8) is 0 Å². The van der Waals surface area contributed by atoms with Crippen LogP contribution in [0.2, 0.25) is 0 Å². The third-order valence-electron chi connectivity index (χ3n) is 2.59. The number of halogens is 3. The Morgan fingerprint density at radius 2 is 1.00 bits per heavy atom. The van der Waals surface area contributed by atoms with Crippen LogP contribution in [0, 0.1) is 0 Å². The van der Waals surface area contributed by atoms with E-state index in [0.29, 0.717) is 10.4 Å². The minimum absolute atomic E-state index is 0.409. The Morgan fingerprint density at radius 1 is 0.647 bits per heavy atom. The third-order valence-corrected chi connectivity index (χ3v) is 5.35. The lowest BCUT2D eigenvalue weighted by atomic mass is 10.4. The van der Waals surface area contributed by atoms with E-state index in [-0.39, 0.29) is 0 Å². The Hall–Kier alpha value is -1.55. The molecule has 0 N–H and O–H groups in total. The zero-order chi connectivity index (χ0) is 12.3. The van der Waals surface area contributed by atoms with Crippen molar-refractivity contribution in [2.45, 2.75) is 5.80 Å². The monoisotopic (exact) mass is 252 g/mol. The molecule has 0 saturated carbocycles. The maximum absolute atomic E-state index is 13.2. The highest BCUT2D eigenvalue weighted by atomic mass is 28.3. The molecule has 0 atom stereocenters. The summed E-state index contributed by atoms with van der Waals surface area (Å²) in [5, 5.41) is 0.817. The molecular formula is C13H11F3Si. The fourth-order valence-electron chi connectivity index (χ4n) is 1.86. The van der Waals surface area contributed by atoms with Gasteiger partial charge in [-0.3, -0.25) is 0 Å². The molecule has 0 heterocycles. The van der Waals surface area contributed by atoms with Gasteiger partial charge in [-0.1, -0.05) is 60.7 Å². The van der Waals surface area contributed by atoms with E-state index in [9.17, 15) is 13.2 Å². The van der Waals surface area contributed by atoms with Crippen molar-refractivity contribution >= 4 is 19.2 Å².